The van der Waals surface area contributed by atoms with Crippen LogP contribution in [0.3, 0.4) is 0 Å². The van der Waals surface area contributed by atoms with Gasteiger partial charge >= 0.3 is 0 Å². The lowest BCUT2D eigenvalue weighted by Crippen LogP contribution is -2.42. The van der Waals surface area contributed by atoms with Crippen LogP contribution in [0.5, 0.6) is 0 Å². The average Bonchev–Trinajstić information content (AvgIpc) is 2.18. The first-order valence-electron chi connectivity index (χ1n) is 4.97. The number of nitrogens with zero attached hydrogens (tertiary/aromatic N) is 1. The van der Waals surface area contributed by atoms with E-state index in [2.05, 4.69) is 4.90 Å². The highest BCUT2D eigenvalue weighted by Crippen LogP contribution is 2.14. The maximum absolute atomic E-state index is 9.25. The highest BCUT2D eigenvalue weighted by atomic mass is 16.3. The van der Waals surface area contributed by atoms with Crippen molar-refractivity contribution in [3.63, 3.8) is 0 Å². The molecule has 1 rings (SSSR count). The van der Waals surface area contributed by atoms with Crippen LogP contribution >= 0.6 is 0 Å². The molecule has 0 aromatic rings. The lowest BCUT2D eigenvalue weighted by atomic mass is 9.98. The smallest absolute Gasteiger partial charge is 0.0897 e. The summed E-state index contributed by atoms with van der Waals surface area (Å²) in [5, 5.41) is 17.9. The van der Waals surface area contributed by atoms with E-state index >= 15 is 0 Å². The Balaban J connectivity index is 2.25. The first kappa shape index (κ1) is 10.9. The summed E-state index contributed by atoms with van der Waals surface area (Å²) in [5.41, 5.74) is 5.59. The number of nitrogens with two attached hydrogens (primary N) is 1. The highest BCUT2D eigenvalue weighted by molar-refractivity contribution is 4.75. The zero-order chi connectivity index (χ0) is 9.68. The number of β-amino-alcohol motifs (C(OH)–C–C–N with tert-alkyl or cyclic N) is 1. The van der Waals surface area contributed by atoms with Crippen molar-refractivity contribution >= 4 is 0 Å². The summed E-state index contributed by atoms with van der Waals surface area (Å²) in [6.07, 6.45) is 1.75. The maximum Gasteiger partial charge on any atom is 0.0897 e. The summed E-state index contributed by atoms with van der Waals surface area (Å²) in [6.45, 7) is 3.14. The minimum Gasteiger partial charge on any atom is -0.394 e. The summed E-state index contributed by atoms with van der Waals surface area (Å²) >= 11 is 0. The molecule has 1 saturated heterocycles. The van der Waals surface area contributed by atoms with E-state index in [1.807, 2.05) is 0 Å². The van der Waals surface area contributed by atoms with Gasteiger partial charge in [0.15, 0.2) is 0 Å². The summed E-state index contributed by atoms with van der Waals surface area (Å²) in [4.78, 5) is 2.18. The molecule has 1 heterocycles. The van der Waals surface area contributed by atoms with Crippen LogP contribution in [0, 0.1) is 5.92 Å². The van der Waals surface area contributed by atoms with Crippen LogP contribution in [0.4, 0.5) is 0 Å². The van der Waals surface area contributed by atoms with Gasteiger partial charge in [0.05, 0.1) is 12.7 Å². The lowest BCUT2D eigenvalue weighted by Gasteiger charge is -2.32. The molecule has 4 heteroatoms. The summed E-state index contributed by atoms with van der Waals surface area (Å²) in [6, 6.07) is 0. The van der Waals surface area contributed by atoms with Gasteiger partial charge in [-0.3, -0.25) is 0 Å². The maximum atomic E-state index is 9.25. The molecular formula is C9H20N2O2. The van der Waals surface area contributed by atoms with Gasteiger partial charge in [-0.2, -0.15) is 0 Å². The molecule has 78 valence electrons. The SMILES string of the molecule is NCC1CCCN(CC(O)CO)C1. The quantitative estimate of drug-likeness (QED) is 0.530. The van der Waals surface area contributed by atoms with Gasteiger partial charge in [-0.15, -0.1) is 0 Å². The molecule has 0 spiro atoms. The minimum absolute atomic E-state index is 0.149. The molecule has 0 bridgehead atoms. The van der Waals surface area contributed by atoms with E-state index in [9.17, 15) is 5.11 Å². The Morgan fingerprint density at radius 3 is 2.92 bits per heavy atom. The Morgan fingerprint density at radius 1 is 1.54 bits per heavy atom. The number of aliphatic hydroxyl groups excluding tert-OH is 2. The molecule has 0 amide bonds. The fraction of sp³-hybridized carbons (Fsp3) is 1.00. The van der Waals surface area contributed by atoms with E-state index in [0.717, 1.165) is 26.1 Å². The van der Waals surface area contributed by atoms with E-state index in [0.29, 0.717) is 12.5 Å². The Morgan fingerprint density at radius 2 is 2.31 bits per heavy atom. The third-order valence-electron chi connectivity index (χ3n) is 2.62. The van der Waals surface area contributed by atoms with E-state index in [4.69, 9.17) is 10.8 Å². The average molecular weight is 188 g/mol. The van der Waals surface area contributed by atoms with Gasteiger partial charge in [0.1, 0.15) is 0 Å². The molecule has 4 nitrogen and oxygen atoms in total. The molecule has 0 radical (unpaired) electrons. The number of piperidine rings is 1. The van der Waals surface area contributed by atoms with Crippen molar-refractivity contribution in [1.29, 1.82) is 0 Å². The van der Waals surface area contributed by atoms with Crippen molar-refractivity contribution in [3.8, 4) is 0 Å². The zero-order valence-electron chi connectivity index (χ0n) is 8.02. The number of likely N-dealkylation sites (tertiary alicyclic amines) is 1. The fourth-order valence-electron chi connectivity index (χ4n) is 1.87. The van der Waals surface area contributed by atoms with Crippen molar-refractivity contribution in [2.24, 2.45) is 11.7 Å². The zero-order valence-corrected chi connectivity index (χ0v) is 8.02. The van der Waals surface area contributed by atoms with Gasteiger partial charge in [0.2, 0.25) is 0 Å². The van der Waals surface area contributed by atoms with Gasteiger partial charge in [0, 0.05) is 13.1 Å². The summed E-state index contributed by atoms with van der Waals surface area (Å²) in [5.74, 6) is 0.569. The molecule has 4 N–H and O–H groups in total. The van der Waals surface area contributed by atoms with Gasteiger partial charge in [0.25, 0.3) is 0 Å². The second-order valence-electron chi connectivity index (χ2n) is 3.84. The molecule has 13 heavy (non-hydrogen) atoms. The van der Waals surface area contributed by atoms with Gasteiger partial charge in [-0.25, -0.2) is 0 Å². The van der Waals surface area contributed by atoms with E-state index in [1.165, 1.54) is 6.42 Å². The monoisotopic (exact) mass is 188 g/mol. The molecule has 2 atom stereocenters. The first-order chi connectivity index (χ1) is 6.26. The van der Waals surface area contributed by atoms with E-state index < -0.39 is 6.10 Å². The summed E-state index contributed by atoms with van der Waals surface area (Å²) < 4.78 is 0. The predicted octanol–water partition coefficient (Wildman–Crippen LogP) is -0.990. The standard InChI is InChI=1S/C9H20N2O2/c10-4-8-2-1-3-11(5-8)6-9(13)7-12/h8-9,12-13H,1-7,10H2. The molecule has 0 saturated carbocycles. The van der Waals surface area contributed by atoms with Crippen LogP contribution in [-0.4, -0.2) is 54.0 Å². The Hall–Kier alpha value is -0.160. The molecular weight excluding hydrogens is 168 g/mol. The Labute approximate surface area is 79.3 Å². The Kier molecular flexibility index (Phi) is 4.66. The highest BCUT2D eigenvalue weighted by Gasteiger charge is 2.20. The van der Waals surface area contributed by atoms with Crippen molar-refractivity contribution in [1.82, 2.24) is 4.90 Å². The second-order valence-corrected chi connectivity index (χ2v) is 3.84. The van der Waals surface area contributed by atoms with Crippen molar-refractivity contribution in [3.05, 3.63) is 0 Å². The predicted molar refractivity (Wildman–Crippen MR) is 51.3 cm³/mol. The normalized spacial score (nSPS) is 27.5. The van der Waals surface area contributed by atoms with Crippen LogP contribution in [0.25, 0.3) is 0 Å². The van der Waals surface area contributed by atoms with Crippen LogP contribution < -0.4 is 5.73 Å². The number of hydrogen-bond acceptors (Lipinski definition) is 4. The van der Waals surface area contributed by atoms with Crippen molar-refractivity contribution < 1.29 is 10.2 Å². The number of rotatable bonds is 4. The van der Waals surface area contributed by atoms with Crippen LogP contribution in [0.1, 0.15) is 12.8 Å². The lowest BCUT2D eigenvalue weighted by molar-refractivity contribution is 0.0453. The molecule has 2 unspecified atom stereocenters. The van der Waals surface area contributed by atoms with Crippen LogP contribution in [0.15, 0.2) is 0 Å². The number of aliphatic hydroxyl groups is 2. The van der Waals surface area contributed by atoms with Gasteiger partial charge < -0.3 is 20.8 Å². The van der Waals surface area contributed by atoms with E-state index in [-0.39, 0.29) is 6.61 Å². The minimum atomic E-state index is -0.600. The third kappa shape index (κ3) is 3.60. The molecule has 0 aliphatic carbocycles. The second kappa shape index (κ2) is 5.54. The fourth-order valence-corrected chi connectivity index (χ4v) is 1.87. The van der Waals surface area contributed by atoms with Crippen molar-refractivity contribution in [2.75, 3.05) is 32.8 Å². The molecule has 1 aliphatic heterocycles. The first-order valence-corrected chi connectivity index (χ1v) is 4.97. The molecule has 0 aromatic carbocycles. The van der Waals surface area contributed by atoms with E-state index in [1.54, 1.807) is 0 Å². The molecule has 0 aromatic heterocycles. The third-order valence-corrected chi connectivity index (χ3v) is 2.62. The van der Waals surface area contributed by atoms with Crippen LogP contribution in [0.2, 0.25) is 0 Å². The topological polar surface area (TPSA) is 69.7 Å². The Bertz CT molecular complexity index is 142. The van der Waals surface area contributed by atoms with Crippen molar-refractivity contribution in [2.45, 2.75) is 18.9 Å². The van der Waals surface area contributed by atoms with Gasteiger partial charge in [-0.1, -0.05) is 0 Å². The van der Waals surface area contributed by atoms with Gasteiger partial charge in [-0.05, 0) is 31.8 Å². The molecule has 1 aliphatic rings. The summed E-state index contributed by atoms with van der Waals surface area (Å²) in [7, 11) is 0. The largest absolute Gasteiger partial charge is 0.394 e. The number of hydrogen-bond donors (Lipinski definition) is 3. The molecule has 1 fully saturated rings. The van der Waals surface area contributed by atoms with Crippen LogP contribution in [-0.2, 0) is 0 Å².